The van der Waals surface area contributed by atoms with Crippen molar-refractivity contribution < 1.29 is 4.79 Å². The first-order valence-electron chi connectivity index (χ1n) is 6.83. The molecular formula is C14H18N4OS. The third-order valence-electron chi connectivity index (χ3n) is 3.70. The molecular weight excluding hydrogens is 272 g/mol. The van der Waals surface area contributed by atoms with Crippen LogP contribution in [0, 0.1) is 0 Å². The third-order valence-corrected chi connectivity index (χ3v) is 4.41. The number of nitrogens with zero attached hydrogens (tertiary/aromatic N) is 2. The molecule has 5 nitrogen and oxygen atoms in total. The van der Waals surface area contributed by atoms with Gasteiger partial charge < -0.3 is 10.6 Å². The fourth-order valence-corrected chi connectivity index (χ4v) is 3.13. The first kappa shape index (κ1) is 13.3. The van der Waals surface area contributed by atoms with E-state index in [4.69, 9.17) is 0 Å². The van der Waals surface area contributed by atoms with E-state index in [-0.39, 0.29) is 11.8 Å². The van der Waals surface area contributed by atoms with Crippen molar-refractivity contribution in [1.82, 2.24) is 15.1 Å². The minimum absolute atomic E-state index is 0.0156. The highest BCUT2D eigenvalue weighted by Gasteiger charge is 2.19. The molecule has 2 N–H and O–H groups in total. The number of nitrogens with one attached hydrogen (secondary N) is 2. The molecule has 0 radical (unpaired) electrons. The van der Waals surface area contributed by atoms with Gasteiger partial charge in [-0.3, -0.25) is 9.48 Å². The van der Waals surface area contributed by atoms with Crippen LogP contribution in [0.25, 0.3) is 0 Å². The van der Waals surface area contributed by atoms with Crippen molar-refractivity contribution in [2.24, 2.45) is 0 Å². The van der Waals surface area contributed by atoms with Gasteiger partial charge in [0.05, 0.1) is 12.0 Å². The van der Waals surface area contributed by atoms with Crippen LogP contribution in [0.15, 0.2) is 29.1 Å². The molecule has 2 aromatic rings. The summed E-state index contributed by atoms with van der Waals surface area (Å²) in [4.78, 5) is 12.2. The number of rotatable bonds is 4. The highest BCUT2D eigenvalue weighted by Crippen LogP contribution is 2.20. The Morgan fingerprint density at radius 2 is 2.50 bits per heavy atom. The quantitative estimate of drug-likeness (QED) is 0.907. The molecule has 0 bridgehead atoms. The lowest BCUT2D eigenvalue weighted by molar-refractivity contribution is -0.117. The van der Waals surface area contributed by atoms with Gasteiger partial charge in [-0.15, -0.1) is 0 Å². The third kappa shape index (κ3) is 2.76. The Labute approximate surface area is 122 Å². The minimum atomic E-state index is -0.153. The standard InChI is InChI=1S/C14H18N4OS/c1-10(11-4-7-20-9-11)14(19)16-13-3-6-18(17-13)12-2-5-15-8-12/h3-4,6-7,9-10,12,15H,2,5,8H2,1H3,(H,16,17,19)/t10-,12+/m1/s1. The molecule has 0 spiro atoms. The van der Waals surface area contributed by atoms with E-state index in [0.29, 0.717) is 11.9 Å². The summed E-state index contributed by atoms with van der Waals surface area (Å²) >= 11 is 1.61. The van der Waals surface area contributed by atoms with E-state index >= 15 is 0 Å². The van der Waals surface area contributed by atoms with E-state index in [9.17, 15) is 4.79 Å². The molecule has 3 rings (SSSR count). The molecule has 1 aliphatic heterocycles. The Morgan fingerprint density at radius 1 is 1.60 bits per heavy atom. The highest BCUT2D eigenvalue weighted by atomic mass is 32.1. The van der Waals surface area contributed by atoms with Crippen LogP contribution in [-0.2, 0) is 4.79 Å². The summed E-state index contributed by atoms with van der Waals surface area (Å²) in [5.74, 6) is 0.460. The van der Waals surface area contributed by atoms with Crippen LogP contribution in [0.5, 0.6) is 0 Å². The van der Waals surface area contributed by atoms with E-state index in [2.05, 4.69) is 15.7 Å². The summed E-state index contributed by atoms with van der Waals surface area (Å²) in [6.45, 7) is 3.89. The van der Waals surface area contributed by atoms with Gasteiger partial charge in [0, 0.05) is 18.8 Å². The first-order valence-corrected chi connectivity index (χ1v) is 7.77. The van der Waals surface area contributed by atoms with Gasteiger partial charge >= 0.3 is 0 Å². The maximum Gasteiger partial charge on any atom is 0.232 e. The molecule has 3 heterocycles. The number of carbonyl (C=O) groups excluding carboxylic acids is 1. The van der Waals surface area contributed by atoms with Crippen molar-refractivity contribution in [2.75, 3.05) is 18.4 Å². The predicted octanol–water partition coefficient (Wildman–Crippen LogP) is 2.22. The molecule has 20 heavy (non-hydrogen) atoms. The number of carbonyl (C=O) groups is 1. The second-order valence-electron chi connectivity index (χ2n) is 5.10. The lowest BCUT2D eigenvalue weighted by atomic mass is 10.0. The van der Waals surface area contributed by atoms with Crippen molar-refractivity contribution in [3.8, 4) is 0 Å². The summed E-state index contributed by atoms with van der Waals surface area (Å²) < 4.78 is 1.94. The molecule has 1 fully saturated rings. The van der Waals surface area contributed by atoms with E-state index in [1.807, 2.05) is 40.7 Å². The fraction of sp³-hybridized carbons (Fsp3) is 0.429. The Morgan fingerprint density at radius 3 is 3.20 bits per heavy atom. The van der Waals surface area contributed by atoms with Gasteiger partial charge in [0.1, 0.15) is 0 Å². The van der Waals surface area contributed by atoms with Gasteiger partial charge in [-0.2, -0.15) is 16.4 Å². The summed E-state index contributed by atoms with van der Waals surface area (Å²) in [6.07, 6.45) is 3.02. The Balaban J connectivity index is 1.64. The van der Waals surface area contributed by atoms with Gasteiger partial charge in [-0.05, 0) is 42.3 Å². The van der Waals surface area contributed by atoms with Crippen molar-refractivity contribution in [3.63, 3.8) is 0 Å². The first-order chi connectivity index (χ1) is 9.74. The van der Waals surface area contributed by atoms with Crippen molar-refractivity contribution in [1.29, 1.82) is 0 Å². The molecule has 0 aromatic carbocycles. The second-order valence-corrected chi connectivity index (χ2v) is 5.88. The van der Waals surface area contributed by atoms with Gasteiger partial charge in [0.2, 0.25) is 5.91 Å². The number of hydrogen-bond donors (Lipinski definition) is 2. The SMILES string of the molecule is C[C@@H](C(=O)Nc1ccn([C@H]2CCNC2)n1)c1ccsc1. The van der Waals surface area contributed by atoms with Gasteiger partial charge in [-0.1, -0.05) is 0 Å². The molecule has 0 saturated carbocycles. The molecule has 1 saturated heterocycles. The Hall–Kier alpha value is -1.66. The summed E-state index contributed by atoms with van der Waals surface area (Å²) in [6, 6.07) is 4.24. The average Bonchev–Trinajstić information content (AvgIpc) is 3.19. The monoisotopic (exact) mass is 290 g/mol. The molecule has 6 heteroatoms. The van der Waals surface area contributed by atoms with Crippen LogP contribution in [0.2, 0.25) is 0 Å². The van der Waals surface area contributed by atoms with Crippen molar-refractivity contribution in [2.45, 2.75) is 25.3 Å². The van der Waals surface area contributed by atoms with Crippen LogP contribution in [-0.4, -0.2) is 28.8 Å². The van der Waals surface area contributed by atoms with E-state index < -0.39 is 0 Å². The van der Waals surface area contributed by atoms with Crippen LogP contribution >= 0.6 is 11.3 Å². The number of hydrogen-bond acceptors (Lipinski definition) is 4. The van der Waals surface area contributed by atoms with Crippen LogP contribution in [0.1, 0.15) is 30.9 Å². The lowest BCUT2D eigenvalue weighted by Gasteiger charge is -2.10. The van der Waals surface area contributed by atoms with E-state index in [1.165, 1.54) is 0 Å². The molecule has 2 atom stereocenters. The van der Waals surface area contributed by atoms with Gasteiger partial charge in [0.15, 0.2) is 5.82 Å². The van der Waals surface area contributed by atoms with Gasteiger partial charge in [-0.25, -0.2) is 0 Å². The zero-order valence-electron chi connectivity index (χ0n) is 11.4. The maximum absolute atomic E-state index is 12.2. The normalized spacial score (nSPS) is 19.9. The van der Waals surface area contributed by atoms with Crippen molar-refractivity contribution >= 4 is 23.1 Å². The highest BCUT2D eigenvalue weighted by molar-refractivity contribution is 7.08. The number of anilines is 1. The molecule has 1 aliphatic rings. The Bertz CT molecular complexity index is 572. The van der Waals surface area contributed by atoms with Crippen LogP contribution in [0.4, 0.5) is 5.82 Å². The van der Waals surface area contributed by atoms with E-state index in [0.717, 1.165) is 25.1 Å². The number of amides is 1. The average molecular weight is 290 g/mol. The summed E-state index contributed by atoms with van der Waals surface area (Å²) in [5, 5.41) is 14.6. The molecule has 1 amide bonds. The zero-order valence-corrected chi connectivity index (χ0v) is 12.2. The summed E-state index contributed by atoms with van der Waals surface area (Å²) in [5.41, 5.74) is 1.05. The fourth-order valence-electron chi connectivity index (χ4n) is 2.38. The minimum Gasteiger partial charge on any atom is -0.315 e. The number of thiophene rings is 1. The smallest absolute Gasteiger partial charge is 0.232 e. The summed E-state index contributed by atoms with van der Waals surface area (Å²) in [7, 11) is 0. The maximum atomic E-state index is 12.2. The second kappa shape index (κ2) is 5.76. The molecule has 0 unspecified atom stereocenters. The van der Waals surface area contributed by atoms with Crippen LogP contribution in [0.3, 0.4) is 0 Å². The topological polar surface area (TPSA) is 59.0 Å². The molecule has 2 aromatic heterocycles. The van der Waals surface area contributed by atoms with Gasteiger partial charge in [0.25, 0.3) is 0 Å². The number of aromatic nitrogens is 2. The lowest BCUT2D eigenvalue weighted by Crippen LogP contribution is -2.19. The van der Waals surface area contributed by atoms with E-state index in [1.54, 1.807) is 11.3 Å². The molecule has 0 aliphatic carbocycles. The van der Waals surface area contributed by atoms with Crippen LogP contribution < -0.4 is 10.6 Å². The van der Waals surface area contributed by atoms with Crippen molar-refractivity contribution in [3.05, 3.63) is 34.7 Å². The molecule has 106 valence electrons. The predicted molar refractivity (Wildman–Crippen MR) is 80.1 cm³/mol. The zero-order chi connectivity index (χ0) is 13.9. The Kier molecular flexibility index (Phi) is 3.84. The largest absolute Gasteiger partial charge is 0.315 e.